The van der Waals surface area contributed by atoms with E-state index in [0.717, 1.165) is 11.1 Å². The lowest BCUT2D eigenvalue weighted by molar-refractivity contribution is 0.0695. The Balaban J connectivity index is 1.66. The number of carbonyl (C=O) groups excluding carboxylic acids is 2. The number of benzene rings is 2. The van der Waals surface area contributed by atoms with Gasteiger partial charge in [0.05, 0.1) is 33.3 Å². The third-order valence-corrected chi connectivity index (χ3v) is 6.89. The Kier molecular flexibility index (Phi) is 6.87. The molecule has 0 bridgehead atoms. The maximum atomic E-state index is 13.3. The maximum absolute atomic E-state index is 13.3. The summed E-state index contributed by atoms with van der Waals surface area (Å²) >= 11 is 12.4. The summed E-state index contributed by atoms with van der Waals surface area (Å²) in [5.74, 6) is -0.488. The molecule has 1 aliphatic heterocycles. The van der Waals surface area contributed by atoms with Crippen molar-refractivity contribution in [2.75, 3.05) is 20.1 Å². The van der Waals surface area contributed by atoms with Gasteiger partial charge in [0.25, 0.3) is 11.8 Å². The highest BCUT2D eigenvalue weighted by Gasteiger charge is 2.40. The summed E-state index contributed by atoms with van der Waals surface area (Å²) in [6.45, 7) is 2.65. The van der Waals surface area contributed by atoms with Crippen LogP contribution in [0.2, 0.25) is 10.0 Å². The molecule has 3 aromatic rings. The number of nitriles is 1. The zero-order chi connectivity index (χ0) is 24.4. The molecule has 0 saturated carbocycles. The molecular formula is C26H22Cl2N4O2. The van der Waals surface area contributed by atoms with E-state index in [1.807, 2.05) is 13.0 Å². The highest BCUT2D eigenvalue weighted by atomic mass is 35.5. The van der Waals surface area contributed by atoms with Crippen LogP contribution in [-0.4, -0.2) is 52.8 Å². The van der Waals surface area contributed by atoms with Crippen molar-refractivity contribution < 1.29 is 9.59 Å². The third kappa shape index (κ3) is 4.77. The van der Waals surface area contributed by atoms with Gasteiger partial charge in [0.2, 0.25) is 0 Å². The molecule has 2 amide bonds. The molecule has 8 heteroatoms. The van der Waals surface area contributed by atoms with Gasteiger partial charge >= 0.3 is 0 Å². The number of nitrogens with zero attached hydrogens (tertiary/aromatic N) is 4. The predicted molar refractivity (Wildman–Crippen MR) is 131 cm³/mol. The maximum Gasteiger partial charge on any atom is 0.255 e. The van der Waals surface area contributed by atoms with E-state index < -0.39 is 0 Å². The summed E-state index contributed by atoms with van der Waals surface area (Å²) < 4.78 is 0. The first-order chi connectivity index (χ1) is 16.3. The van der Waals surface area contributed by atoms with Gasteiger partial charge in [0.15, 0.2) is 0 Å². The topological polar surface area (TPSA) is 77.3 Å². The molecule has 2 atom stereocenters. The van der Waals surface area contributed by atoms with Crippen molar-refractivity contribution in [3.63, 3.8) is 0 Å². The van der Waals surface area contributed by atoms with E-state index in [-0.39, 0.29) is 23.8 Å². The number of pyridine rings is 1. The summed E-state index contributed by atoms with van der Waals surface area (Å²) in [6.07, 6.45) is 3.25. The number of rotatable bonds is 4. The standard InChI is InChI=1S/C26H22Cl2N4O2/c1-16-9-20(13-30-12-16)25(33)31(2)24-15-32(26(34)18-5-3-17(11-29)4-6-18)14-21(24)19-7-8-22(27)23(28)10-19/h3-10,12-13,21,24H,14-15H2,1-2H3/t21?,24-/m1/s1. The molecular weight excluding hydrogens is 471 g/mol. The number of aryl methyl sites for hydroxylation is 1. The van der Waals surface area contributed by atoms with Gasteiger partial charge in [-0.1, -0.05) is 29.3 Å². The van der Waals surface area contributed by atoms with Crippen LogP contribution in [0.15, 0.2) is 60.9 Å². The highest BCUT2D eigenvalue weighted by Crippen LogP contribution is 2.35. The first-order valence-electron chi connectivity index (χ1n) is 10.7. The zero-order valence-corrected chi connectivity index (χ0v) is 20.2. The number of hydrogen-bond donors (Lipinski definition) is 0. The minimum atomic E-state index is -0.285. The largest absolute Gasteiger partial charge is 0.336 e. The molecule has 0 radical (unpaired) electrons. The van der Waals surface area contributed by atoms with Crippen LogP contribution in [0.25, 0.3) is 0 Å². The van der Waals surface area contributed by atoms with E-state index >= 15 is 0 Å². The summed E-state index contributed by atoms with van der Waals surface area (Å²) in [5, 5.41) is 9.90. The van der Waals surface area contributed by atoms with E-state index in [1.165, 1.54) is 0 Å². The molecule has 0 aliphatic carbocycles. The van der Waals surface area contributed by atoms with Crippen molar-refractivity contribution in [2.45, 2.75) is 18.9 Å². The van der Waals surface area contributed by atoms with Crippen LogP contribution in [0.5, 0.6) is 0 Å². The van der Waals surface area contributed by atoms with E-state index in [4.69, 9.17) is 28.5 Å². The second-order valence-corrected chi connectivity index (χ2v) is 9.23. The molecule has 6 nitrogen and oxygen atoms in total. The minimum absolute atomic E-state index is 0.157. The Bertz CT molecular complexity index is 1290. The fourth-order valence-corrected chi connectivity index (χ4v) is 4.62. The van der Waals surface area contributed by atoms with Crippen molar-refractivity contribution >= 4 is 35.0 Å². The van der Waals surface area contributed by atoms with Crippen LogP contribution in [0.3, 0.4) is 0 Å². The fraction of sp³-hybridized carbons (Fsp3) is 0.231. The van der Waals surface area contributed by atoms with Gasteiger partial charge in [-0.25, -0.2) is 0 Å². The lowest BCUT2D eigenvalue weighted by Crippen LogP contribution is -2.42. The molecule has 1 aliphatic rings. The third-order valence-electron chi connectivity index (χ3n) is 6.15. The first kappa shape index (κ1) is 23.7. The average molecular weight is 493 g/mol. The number of carbonyl (C=O) groups is 2. The van der Waals surface area contributed by atoms with Crippen molar-refractivity contribution in [1.29, 1.82) is 5.26 Å². The van der Waals surface area contributed by atoms with E-state index in [2.05, 4.69) is 11.1 Å². The number of aromatic nitrogens is 1. The number of hydrogen-bond acceptors (Lipinski definition) is 4. The SMILES string of the molecule is Cc1cncc(C(=O)N(C)[C@@H]2CN(C(=O)c3ccc(C#N)cc3)CC2c2ccc(Cl)c(Cl)c2)c1. The van der Waals surface area contributed by atoms with Crippen molar-refractivity contribution in [3.05, 3.63) is 98.8 Å². The van der Waals surface area contributed by atoms with Gasteiger partial charge in [-0.05, 0) is 60.5 Å². The number of amides is 2. The van der Waals surface area contributed by atoms with Gasteiger partial charge in [0, 0.05) is 44.0 Å². The molecule has 0 spiro atoms. The Morgan fingerprint density at radius 3 is 2.41 bits per heavy atom. The summed E-state index contributed by atoms with van der Waals surface area (Å²) in [4.78, 5) is 34.1. The van der Waals surface area contributed by atoms with Crippen LogP contribution in [0, 0.1) is 18.3 Å². The molecule has 1 fully saturated rings. The van der Waals surface area contributed by atoms with Gasteiger partial charge in [0.1, 0.15) is 0 Å². The summed E-state index contributed by atoms with van der Waals surface area (Å²) in [5.41, 5.74) is 3.26. The molecule has 1 saturated heterocycles. The van der Waals surface area contributed by atoms with Crippen molar-refractivity contribution in [2.24, 2.45) is 0 Å². The smallest absolute Gasteiger partial charge is 0.255 e. The lowest BCUT2D eigenvalue weighted by Gasteiger charge is -2.29. The summed E-state index contributed by atoms with van der Waals surface area (Å²) in [6, 6.07) is 15.5. The van der Waals surface area contributed by atoms with E-state index in [1.54, 1.807) is 71.7 Å². The Hall–Kier alpha value is -3.40. The van der Waals surface area contributed by atoms with E-state index in [0.29, 0.717) is 39.8 Å². The quantitative estimate of drug-likeness (QED) is 0.516. The van der Waals surface area contributed by atoms with Crippen LogP contribution in [0.4, 0.5) is 0 Å². The molecule has 1 unspecified atom stereocenters. The van der Waals surface area contributed by atoms with Crippen LogP contribution in [-0.2, 0) is 0 Å². The zero-order valence-electron chi connectivity index (χ0n) is 18.7. The first-order valence-corrected chi connectivity index (χ1v) is 11.5. The molecule has 4 rings (SSSR count). The molecule has 34 heavy (non-hydrogen) atoms. The van der Waals surface area contributed by atoms with Crippen molar-refractivity contribution in [3.8, 4) is 6.07 Å². The van der Waals surface area contributed by atoms with Crippen LogP contribution >= 0.6 is 23.2 Å². The fourth-order valence-electron chi connectivity index (χ4n) is 4.31. The highest BCUT2D eigenvalue weighted by molar-refractivity contribution is 6.42. The number of halogens is 2. The molecule has 1 aromatic heterocycles. The van der Waals surface area contributed by atoms with E-state index in [9.17, 15) is 9.59 Å². The second kappa shape index (κ2) is 9.84. The van der Waals surface area contributed by atoms with Gasteiger partial charge in [-0.3, -0.25) is 14.6 Å². The van der Waals surface area contributed by atoms with Crippen molar-refractivity contribution in [1.82, 2.24) is 14.8 Å². The second-order valence-electron chi connectivity index (χ2n) is 8.41. The minimum Gasteiger partial charge on any atom is -0.336 e. The predicted octanol–water partition coefficient (Wildman–Crippen LogP) is 4.95. The van der Waals surface area contributed by atoms with Crippen LogP contribution < -0.4 is 0 Å². The van der Waals surface area contributed by atoms with Gasteiger partial charge in [-0.2, -0.15) is 5.26 Å². The van der Waals surface area contributed by atoms with Gasteiger partial charge in [-0.15, -0.1) is 0 Å². The normalized spacial score (nSPS) is 17.3. The molecule has 2 aromatic carbocycles. The molecule has 0 N–H and O–H groups in total. The Morgan fingerprint density at radius 1 is 1.03 bits per heavy atom. The number of likely N-dealkylation sites (tertiary alicyclic amines) is 1. The Morgan fingerprint density at radius 2 is 1.76 bits per heavy atom. The molecule has 172 valence electrons. The molecule has 2 heterocycles. The number of likely N-dealkylation sites (N-methyl/N-ethyl adjacent to an activating group) is 1. The van der Waals surface area contributed by atoms with Crippen LogP contribution in [0.1, 0.15) is 43.3 Å². The average Bonchev–Trinajstić information content (AvgIpc) is 3.30. The lowest BCUT2D eigenvalue weighted by atomic mass is 9.93. The monoisotopic (exact) mass is 492 g/mol. The summed E-state index contributed by atoms with van der Waals surface area (Å²) in [7, 11) is 1.75. The van der Waals surface area contributed by atoms with Gasteiger partial charge < -0.3 is 9.80 Å². The Labute approximate surface area is 208 Å².